The molecular formula is C19H28ClN3O3. The van der Waals surface area contributed by atoms with E-state index in [-0.39, 0.29) is 30.2 Å². The number of nitrogens with one attached hydrogen (secondary N) is 2. The number of rotatable bonds is 8. The predicted molar refractivity (Wildman–Crippen MR) is 103 cm³/mol. The first kappa shape index (κ1) is 20.5. The minimum atomic E-state index is -0.211. The van der Waals surface area contributed by atoms with Gasteiger partial charge in [-0.1, -0.05) is 30.9 Å². The Kier molecular flexibility index (Phi) is 7.72. The van der Waals surface area contributed by atoms with Crippen molar-refractivity contribution in [1.29, 1.82) is 0 Å². The summed E-state index contributed by atoms with van der Waals surface area (Å²) in [6.45, 7) is 0.823. The fourth-order valence-corrected chi connectivity index (χ4v) is 3.64. The smallest absolute Gasteiger partial charge is 0.226 e. The van der Waals surface area contributed by atoms with Gasteiger partial charge in [0.15, 0.2) is 0 Å². The molecule has 0 saturated heterocycles. The highest BCUT2D eigenvalue weighted by molar-refractivity contribution is 6.31. The van der Waals surface area contributed by atoms with Gasteiger partial charge < -0.3 is 21.1 Å². The average molecular weight is 382 g/mol. The van der Waals surface area contributed by atoms with Gasteiger partial charge in [0, 0.05) is 24.4 Å². The Labute approximate surface area is 159 Å². The molecule has 1 aliphatic rings. The molecule has 1 fully saturated rings. The summed E-state index contributed by atoms with van der Waals surface area (Å²) in [5.41, 5.74) is 6.37. The zero-order valence-corrected chi connectivity index (χ0v) is 16.0. The van der Waals surface area contributed by atoms with Crippen molar-refractivity contribution < 1.29 is 14.3 Å². The van der Waals surface area contributed by atoms with Crippen LogP contribution < -0.4 is 21.1 Å². The van der Waals surface area contributed by atoms with Gasteiger partial charge in [-0.3, -0.25) is 9.59 Å². The molecule has 1 aromatic carbocycles. The van der Waals surface area contributed by atoms with E-state index in [4.69, 9.17) is 22.1 Å². The Morgan fingerprint density at radius 1 is 1.23 bits per heavy atom. The summed E-state index contributed by atoms with van der Waals surface area (Å²) in [6, 6.07) is 5.01. The summed E-state index contributed by atoms with van der Waals surface area (Å²) in [5.74, 6) is 0.288. The fourth-order valence-electron chi connectivity index (χ4n) is 3.46. The van der Waals surface area contributed by atoms with E-state index in [9.17, 15) is 9.59 Å². The Bertz CT molecular complexity index is 630. The van der Waals surface area contributed by atoms with E-state index in [0.29, 0.717) is 29.4 Å². The van der Waals surface area contributed by atoms with Crippen LogP contribution in [0.4, 0.5) is 5.69 Å². The second-order valence-corrected chi connectivity index (χ2v) is 7.37. The van der Waals surface area contributed by atoms with Crippen molar-refractivity contribution in [3.05, 3.63) is 23.2 Å². The highest BCUT2D eigenvalue weighted by atomic mass is 35.5. The van der Waals surface area contributed by atoms with Gasteiger partial charge in [-0.25, -0.2) is 0 Å². The van der Waals surface area contributed by atoms with Gasteiger partial charge in [0.25, 0.3) is 0 Å². The molecule has 0 bridgehead atoms. The number of ether oxygens (including phenoxy) is 1. The number of hydrogen-bond acceptors (Lipinski definition) is 4. The van der Waals surface area contributed by atoms with Crippen molar-refractivity contribution in [1.82, 2.24) is 5.32 Å². The van der Waals surface area contributed by atoms with Gasteiger partial charge in [0.1, 0.15) is 5.75 Å². The third-order valence-corrected chi connectivity index (χ3v) is 5.23. The normalized spacial score (nSPS) is 16.0. The molecule has 0 radical (unpaired) electrons. The van der Waals surface area contributed by atoms with Crippen LogP contribution in [0.25, 0.3) is 0 Å². The molecule has 0 aliphatic heterocycles. The van der Waals surface area contributed by atoms with Crippen LogP contribution in [0.2, 0.25) is 5.02 Å². The zero-order chi connectivity index (χ0) is 19.0. The van der Waals surface area contributed by atoms with Crippen LogP contribution in [0.3, 0.4) is 0 Å². The van der Waals surface area contributed by atoms with E-state index >= 15 is 0 Å². The predicted octanol–water partition coefficient (Wildman–Crippen LogP) is 3.09. The minimum absolute atomic E-state index is 0.0366. The number of halogens is 1. The van der Waals surface area contributed by atoms with Crippen molar-refractivity contribution in [3.8, 4) is 5.75 Å². The van der Waals surface area contributed by atoms with Gasteiger partial charge in [0.05, 0.1) is 12.8 Å². The molecule has 6 nitrogen and oxygen atoms in total. The summed E-state index contributed by atoms with van der Waals surface area (Å²) in [6.07, 6.45) is 6.11. The zero-order valence-electron chi connectivity index (χ0n) is 15.3. The molecule has 2 rings (SSSR count). The molecule has 1 saturated carbocycles. The van der Waals surface area contributed by atoms with Crippen molar-refractivity contribution in [2.75, 3.05) is 25.5 Å². The second kappa shape index (κ2) is 9.78. The average Bonchev–Trinajstić information content (AvgIpc) is 2.62. The first-order valence-corrected chi connectivity index (χ1v) is 9.46. The first-order valence-electron chi connectivity index (χ1n) is 9.08. The first-order chi connectivity index (χ1) is 12.5. The van der Waals surface area contributed by atoms with Gasteiger partial charge >= 0.3 is 0 Å². The number of carbonyl (C=O) groups excluding carboxylic acids is 2. The summed E-state index contributed by atoms with van der Waals surface area (Å²) in [5, 5.41) is 6.10. The third kappa shape index (κ3) is 5.88. The van der Waals surface area contributed by atoms with E-state index in [1.165, 1.54) is 13.5 Å². The highest BCUT2D eigenvalue weighted by Gasteiger charge is 2.32. The van der Waals surface area contributed by atoms with Crippen LogP contribution in [0.5, 0.6) is 5.75 Å². The molecule has 0 heterocycles. The molecule has 0 unspecified atom stereocenters. The maximum Gasteiger partial charge on any atom is 0.226 e. The van der Waals surface area contributed by atoms with E-state index in [2.05, 4.69) is 10.6 Å². The van der Waals surface area contributed by atoms with Gasteiger partial charge in [0.2, 0.25) is 11.8 Å². The minimum Gasteiger partial charge on any atom is -0.495 e. The van der Waals surface area contributed by atoms with Crippen LogP contribution in [-0.4, -0.2) is 32.0 Å². The Morgan fingerprint density at radius 2 is 1.96 bits per heavy atom. The van der Waals surface area contributed by atoms with Crippen LogP contribution in [0.15, 0.2) is 18.2 Å². The van der Waals surface area contributed by atoms with Crippen molar-refractivity contribution in [2.24, 2.45) is 11.1 Å². The summed E-state index contributed by atoms with van der Waals surface area (Å²) in [4.78, 5) is 24.3. The van der Waals surface area contributed by atoms with E-state index in [1.54, 1.807) is 18.2 Å². The number of carbonyl (C=O) groups is 2. The lowest BCUT2D eigenvalue weighted by molar-refractivity contribution is -0.124. The standard InChI is InChI=1S/C19H28ClN3O3/c1-26-16-6-5-14(20)11-15(16)23-17(24)7-10-22-18(25)12-19(13-21)8-3-2-4-9-19/h5-6,11H,2-4,7-10,12-13,21H2,1H3,(H,22,25)(H,23,24). The molecule has 0 spiro atoms. The number of anilines is 1. The third-order valence-electron chi connectivity index (χ3n) is 4.99. The molecule has 144 valence electrons. The van der Waals surface area contributed by atoms with Crippen molar-refractivity contribution >= 4 is 29.1 Å². The number of methoxy groups -OCH3 is 1. The van der Waals surface area contributed by atoms with E-state index < -0.39 is 0 Å². The molecule has 1 aliphatic carbocycles. The summed E-state index contributed by atoms with van der Waals surface area (Å²) < 4.78 is 5.20. The fraction of sp³-hybridized carbons (Fsp3) is 0.579. The Morgan fingerprint density at radius 3 is 2.62 bits per heavy atom. The summed E-state index contributed by atoms with van der Waals surface area (Å²) >= 11 is 5.95. The lowest BCUT2D eigenvalue weighted by Crippen LogP contribution is -2.39. The number of benzene rings is 1. The molecule has 1 aromatic rings. The maximum absolute atomic E-state index is 12.2. The van der Waals surface area contributed by atoms with Crippen LogP contribution in [0.1, 0.15) is 44.9 Å². The largest absolute Gasteiger partial charge is 0.495 e. The molecule has 0 aromatic heterocycles. The molecule has 0 atom stereocenters. The van der Waals surface area contributed by atoms with E-state index in [1.807, 2.05) is 0 Å². The van der Waals surface area contributed by atoms with Crippen molar-refractivity contribution in [3.63, 3.8) is 0 Å². The summed E-state index contributed by atoms with van der Waals surface area (Å²) in [7, 11) is 1.53. The van der Waals surface area contributed by atoms with Crippen LogP contribution in [-0.2, 0) is 9.59 Å². The highest BCUT2D eigenvalue weighted by Crippen LogP contribution is 2.38. The van der Waals surface area contributed by atoms with Gasteiger partial charge in [-0.2, -0.15) is 0 Å². The quantitative estimate of drug-likeness (QED) is 0.645. The maximum atomic E-state index is 12.2. The molecule has 2 amide bonds. The van der Waals surface area contributed by atoms with Gasteiger partial charge in [-0.05, 0) is 43.0 Å². The lowest BCUT2D eigenvalue weighted by Gasteiger charge is -2.35. The van der Waals surface area contributed by atoms with Crippen LogP contribution >= 0.6 is 11.6 Å². The SMILES string of the molecule is COc1ccc(Cl)cc1NC(=O)CCNC(=O)CC1(CN)CCCCC1. The number of nitrogens with two attached hydrogens (primary N) is 1. The second-order valence-electron chi connectivity index (χ2n) is 6.93. The number of amides is 2. The molecule has 4 N–H and O–H groups in total. The van der Waals surface area contributed by atoms with Crippen molar-refractivity contribution in [2.45, 2.75) is 44.9 Å². The monoisotopic (exact) mass is 381 g/mol. The molecule has 7 heteroatoms. The Hall–Kier alpha value is -1.79. The molecule has 26 heavy (non-hydrogen) atoms. The molecular weight excluding hydrogens is 354 g/mol. The van der Waals surface area contributed by atoms with E-state index in [0.717, 1.165) is 25.7 Å². The van der Waals surface area contributed by atoms with Crippen LogP contribution in [0, 0.1) is 5.41 Å². The topological polar surface area (TPSA) is 93.5 Å². The Balaban J connectivity index is 1.77. The number of hydrogen-bond donors (Lipinski definition) is 3. The lowest BCUT2D eigenvalue weighted by atomic mass is 9.71. The van der Waals surface area contributed by atoms with Gasteiger partial charge in [-0.15, -0.1) is 0 Å².